The smallest absolute Gasteiger partial charge is 0.394 e. The third-order valence-corrected chi connectivity index (χ3v) is 1.46. The normalized spacial score (nSPS) is 11.5. The second-order valence-electron chi connectivity index (χ2n) is 2.63. The molecule has 0 aromatic carbocycles. The van der Waals surface area contributed by atoms with Crippen LogP contribution < -0.4 is 0 Å². The molecule has 0 aliphatic rings. The summed E-state index contributed by atoms with van der Waals surface area (Å²) in [6.45, 7) is 1.61. The fourth-order valence-electron chi connectivity index (χ4n) is 0.929. The minimum atomic E-state index is -4.43. The number of halogens is 3. The monoisotopic (exact) mass is 223 g/mol. The summed E-state index contributed by atoms with van der Waals surface area (Å²) in [7, 11) is 0. The van der Waals surface area contributed by atoms with E-state index in [-0.39, 0.29) is 6.61 Å². The molecule has 1 N–H and O–H groups in total. The Morgan fingerprint density at radius 1 is 1.47 bits per heavy atom. The molecular formula is C7H8F3N3O2. The summed E-state index contributed by atoms with van der Waals surface area (Å²) < 4.78 is 40.6. The van der Waals surface area contributed by atoms with E-state index in [9.17, 15) is 18.0 Å². The molecule has 15 heavy (non-hydrogen) atoms. The first-order valence-corrected chi connectivity index (χ1v) is 4.07. The number of nitrogens with zero attached hydrogens (tertiary/aromatic N) is 2. The molecule has 0 unspecified atom stereocenters. The molecule has 0 radical (unpaired) electrons. The van der Waals surface area contributed by atoms with E-state index >= 15 is 0 Å². The van der Waals surface area contributed by atoms with Crippen LogP contribution in [0.15, 0.2) is 0 Å². The number of hydrogen-bond donors (Lipinski definition) is 1. The van der Waals surface area contributed by atoms with E-state index in [1.165, 1.54) is 0 Å². The predicted octanol–water partition coefficient (Wildman–Crippen LogP) is 1.09. The first-order chi connectivity index (χ1) is 6.94. The van der Waals surface area contributed by atoms with Gasteiger partial charge >= 0.3 is 12.1 Å². The van der Waals surface area contributed by atoms with Crippen LogP contribution in [0.3, 0.4) is 0 Å². The van der Waals surface area contributed by atoms with Crippen molar-refractivity contribution in [1.29, 1.82) is 0 Å². The minimum absolute atomic E-state index is 0.0666. The fraction of sp³-hybridized carbons (Fsp3) is 0.571. The number of carbonyl (C=O) groups excluding carboxylic acids is 1. The summed E-state index contributed by atoms with van der Waals surface area (Å²) in [6.07, 6.45) is -5.74. The van der Waals surface area contributed by atoms with Crippen molar-refractivity contribution in [2.75, 3.05) is 6.61 Å². The molecule has 1 aromatic heterocycles. The summed E-state index contributed by atoms with van der Waals surface area (Å²) in [6, 6.07) is 0. The highest BCUT2D eigenvalue weighted by Gasteiger charge is 2.32. The topological polar surface area (TPSA) is 67.9 Å². The van der Waals surface area contributed by atoms with Gasteiger partial charge in [-0.2, -0.15) is 23.5 Å². The number of carbonyl (C=O) groups is 1. The third-order valence-electron chi connectivity index (χ3n) is 1.46. The number of H-pyrrole nitrogens is 1. The first-order valence-electron chi connectivity index (χ1n) is 4.07. The van der Waals surface area contributed by atoms with Crippen molar-refractivity contribution in [3.05, 3.63) is 11.4 Å². The largest absolute Gasteiger partial charge is 0.461 e. The lowest BCUT2D eigenvalue weighted by Crippen LogP contribution is -2.16. The zero-order valence-electron chi connectivity index (χ0n) is 7.76. The van der Waals surface area contributed by atoms with Gasteiger partial charge in [-0.15, -0.1) is 5.10 Å². The van der Waals surface area contributed by atoms with Gasteiger partial charge in [-0.25, -0.2) is 4.79 Å². The molecule has 84 valence electrons. The van der Waals surface area contributed by atoms with Crippen LogP contribution in [0.4, 0.5) is 13.2 Å². The number of esters is 1. The zero-order chi connectivity index (χ0) is 11.5. The highest BCUT2D eigenvalue weighted by atomic mass is 19.4. The summed E-state index contributed by atoms with van der Waals surface area (Å²) in [4.78, 5) is 11.1. The van der Waals surface area contributed by atoms with E-state index in [0.717, 1.165) is 0 Å². The van der Waals surface area contributed by atoms with E-state index < -0.39 is 30.0 Å². The Bertz CT molecular complexity index is 347. The van der Waals surface area contributed by atoms with E-state index in [4.69, 9.17) is 0 Å². The second kappa shape index (κ2) is 4.28. The molecule has 0 amide bonds. The van der Waals surface area contributed by atoms with E-state index in [1.807, 2.05) is 5.21 Å². The molecule has 0 bridgehead atoms. The van der Waals surface area contributed by atoms with Crippen LogP contribution in [0.1, 0.15) is 23.1 Å². The van der Waals surface area contributed by atoms with Crippen molar-refractivity contribution in [2.24, 2.45) is 0 Å². The molecule has 0 aliphatic heterocycles. The third kappa shape index (κ3) is 3.22. The lowest BCUT2D eigenvalue weighted by Gasteiger charge is -2.04. The van der Waals surface area contributed by atoms with Gasteiger partial charge in [0.2, 0.25) is 0 Å². The Morgan fingerprint density at radius 2 is 2.13 bits per heavy atom. The van der Waals surface area contributed by atoms with Crippen LogP contribution in [0.25, 0.3) is 0 Å². The van der Waals surface area contributed by atoms with Gasteiger partial charge in [-0.1, -0.05) is 0 Å². The van der Waals surface area contributed by atoms with Crippen molar-refractivity contribution in [3.8, 4) is 0 Å². The minimum Gasteiger partial charge on any atom is -0.461 e. The lowest BCUT2D eigenvalue weighted by molar-refractivity contribution is -0.127. The Morgan fingerprint density at radius 3 is 2.67 bits per heavy atom. The van der Waals surface area contributed by atoms with E-state index in [2.05, 4.69) is 14.9 Å². The number of aromatic nitrogens is 3. The summed E-state index contributed by atoms with van der Waals surface area (Å²) in [5, 5.41) is 8.52. The van der Waals surface area contributed by atoms with Gasteiger partial charge < -0.3 is 4.74 Å². The molecule has 0 saturated carbocycles. The standard InChI is InChI=1S/C7H8F3N3O2/c1-2-15-6(14)5-4(11-13-12-5)3-7(8,9)10/h2-3H2,1H3,(H,11,12,13). The first kappa shape index (κ1) is 11.5. The van der Waals surface area contributed by atoms with Crippen LogP contribution >= 0.6 is 0 Å². The van der Waals surface area contributed by atoms with Gasteiger partial charge in [0.05, 0.1) is 13.0 Å². The molecule has 1 heterocycles. The summed E-state index contributed by atoms with van der Waals surface area (Å²) in [5.74, 6) is -0.912. The number of aromatic amines is 1. The van der Waals surface area contributed by atoms with Crippen LogP contribution in [-0.2, 0) is 11.2 Å². The summed E-state index contributed by atoms with van der Waals surface area (Å²) >= 11 is 0. The zero-order valence-corrected chi connectivity index (χ0v) is 7.76. The number of ether oxygens (including phenoxy) is 1. The molecule has 0 aliphatic carbocycles. The lowest BCUT2D eigenvalue weighted by atomic mass is 10.2. The molecule has 5 nitrogen and oxygen atoms in total. The highest BCUT2D eigenvalue weighted by molar-refractivity contribution is 5.88. The van der Waals surface area contributed by atoms with E-state index in [1.54, 1.807) is 6.92 Å². The fourth-order valence-corrected chi connectivity index (χ4v) is 0.929. The van der Waals surface area contributed by atoms with Crippen molar-refractivity contribution < 1.29 is 22.7 Å². The van der Waals surface area contributed by atoms with Gasteiger partial charge in [0.15, 0.2) is 5.69 Å². The Labute approximate surface area is 82.6 Å². The number of rotatable bonds is 3. The van der Waals surface area contributed by atoms with Gasteiger partial charge in [-0.05, 0) is 6.92 Å². The van der Waals surface area contributed by atoms with Crippen LogP contribution in [0.5, 0.6) is 0 Å². The van der Waals surface area contributed by atoms with Crippen LogP contribution in [-0.4, -0.2) is 34.2 Å². The molecule has 0 saturated heterocycles. The quantitative estimate of drug-likeness (QED) is 0.778. The van der Waals surface area contributed by atoms with Gasteiger partial charge in [-0.3, -0.25) is 0 Å². The summed E-state index contributed by atoms with van der Waals surface area (Å²) in [5.41, 5.74) is -0.880. The highest BCUT2D eigenvalue weighted by Crippen LogP contribution is 2.21. The average Bonchev–Trinajstić information content (AvgIpc) is 2.49. The van der Waals surface area contributed by atoms with Crippen LogP contribution in [0.2, 0.25) is 0 Å². The van der Waals surface area contributed by atoms with Crippen molar-refractivity contribution in [2.45, 2.75) is 19.5 Å². The maximum Gasteiger partial charge on any atom is 0.394 e. The number of alkyl halides is 3. The van der Waals surface area contributed by atoms with Crippen LogP contribution in [0, 0.1) is 0 Å². The second-order valence-corrected chi connectivity index (χ2v) is 2.63. The molecule has 0 fully saturated rings. The van der Waals surface area contributed by atoms with Gasteiger partial charge in [0.1, 0.15) is 5.69 Å². The van der Waals surface area contributed by atoms with Gasteiger partial charge in [0.25, 0.3) is 0 Å². The SMILES string of the molecule is CCOC(=O)c1n[nH]nc1CC(F)(F)F. The Hall–Kier alpha value is -1.60. The van der Waals surface area contributed by atoms with Crippen molar-refractivity contribution >= 4 is 5.97 Å². The average molecular weight is 223 g/mol. The predicted molar refractivity (Wildman–Crippen MR) is 42.1 cm³/mol. The molecule has 1 rings (SSSR count). The van der Waals surface area contributed by atoms with Crippen molar-refractivity contribution in [1.82, 2.24) is 15.4 Å². The molecule has 8 heteroatoms. The molecule has 1 aromatic rings. The Balaban J connectivity index is 2.82. The van der Waals surface area contributed by atoms with E-state index in [0.29, 0.717) is 0 Å². The maximum atomic E-state index is 12.0. The number of hydrogen-bond acceptors (Lipinski definition) is 4. The van der Waals surface area contributed by atoms with Crippen molar-refractivity contribution in [3.63, 3.8) is 0 Å². The number of nitrogens with one attached hydrogen (secondary N) is 1. The maximum absolute atomic E-state index is 12.0. The molecule has 0 spiro atoms. The molecular weight excluding hydrogens is 215 g/mol. The Kier molecular flexibility index (Phi) is 3.28. The molecule has 0 atom stereocenters. The van der Waals surface area contributed by atoms with Gasteiger partial charge in [0, 0.05) is 0 Å².